The maximum atomic E-state index is 11.8. The number of nitrogens with two attached hydrogens (primary N) is 1. The molecule has 1 rings (SSSR count). The first kappa shape index (κ1) is 19.9. The highest BCUT2D eigenvalue weighted by molar-refractivity contribution is 5.85. The van der Waals surface area contributed by atoms with Crippen LogP contribution in [0.25, 0.3) is 0 Å². The van der Waals surface area contributed by atoms with Crippen molar-refractivity contribution in [2.75, 3.05) is 6.54 Å². The molecule has 0 aliphatic carbocycles. The number of hydrogen-bond acceptors (Lipinski definition) is 2. The predicted molar refractivity (Wildman–Crippen MR) is 91.7 cm³/mol. The van der Waals surface area contributed by atoms with Gasteiger partial charge in [0.15, 0.2) is 0 Å². The fourth-order valence-corrected chi connectivity index (χ4v) is 2.12. The summed E-state index contributed by atoms with van der Waals surface area (Å²) < 4.78 is 0. The molecular weight excluding hydrogens is 284 g/mol. The summed E-state index contributed by atoms with van der Waals surface area (Å²) in [7, 11) is 0. The molecule has 0 bridgehead atoms. The number of carbonyl (C=O) groups is 1. The number of hydrogen-bond donors (Lipinski definition) is 2. The molecule has 0 aliphatic rings. The van der Waals surface area contributed by atoms with Crippen LogP contribution >= 0.6 is 12.4 Å². The van der Waals surface area contributed by atoms with Gasteiger partial charge in [0.2, 0.25) is 5.91 Å². The van der Waals surface area contributed by atoms with Gasteiger partial charge in [0, 0.05) is 6.54 Å². The fraction of sp³-hybridized carbons (Fsp3) is 0.588. The van der Waals surface area contributed by atoms with Gasteiger partial charge in [0.1, 0.15) is 0 Å². The second-order valence-corrected chi connectivity index (χ2v) is 5.50. The van der Waals surface area contributed by atoms with Crippen molar-refractivity contribution in [1.29, 1.82) is 0 Å². The van der Waals surface area contributed by atoms with E-state index in [1.807, 2.05) is 13.0 Å². The molecular formula is C17H29ClN2O. The molecule has 0 aromatic heterocycles. The minimum absolute atomic E-state index is 0. The second kappa shape index (κ2) is 11.6. The molecule has 3 nitrogen and oxygen atoms in total. The van der Waals surface area contributed by atoms with Gasteiger partial charge in [0.25, 0.3) is 0 Å². The maximum absolute atomic E-state index is 11.8. The number of benzene rings is 1. The number of unbranched alkanes of at least 4 members (excludes halogenated alkanes) is 2. The molecule has 0 aliphatic heterocycles. The zero-order chi connectivity index (χ0) is 14.8. The van der Waals surface area contributed by atoms with Gasteiger partial charge in [-0.15, -0.1) is 12.4 Å². The number of aryl methyl sites for hydroxylation is 1. The highest BCUT2D eigenvalue weighted by Gasteiger charge is 2.18. The molecule has 120 valence electrons. The Balaban J connectivity index is 0.00000400. The number of rotatable bonds is 9. The van der Waals surface area contributed by atoms with Crippen molar-refractivity contribution < 1.29 is 4.79 Å². The van der Waals surface area contributed by atoms with Crippen molar-refractivity contribution in [2.24, 2.45) is 11.7 Å². The Hall–Kier alpha value is -1.06. The molecule has 4 heteroatoms. The molecule has 0 fully saturated rings. The van der Waals surface area contributed by atoms with Gasteiger partial charge in [-0.05, 0) is 30.7 Å². The average molecular weight is 313 g/mol. The van der Waals surface area contributed by atoms with Crippen molar-refractivity contribution in [2.45, 2.75) is 52.0 Å². The lowest BCUT2D eigenvalue weighted by Crippen LogP contribution is -2.44. The molecule has 2 unspecified atom stereocenters. The molecule has 3 N–H and O–H groups in total. The molecule has 1 aromatic rings. The summed E-state index contributed by atoms with van der Waals surface area (Å²) in [6.07, 6.45) is 5.36. The largest absolute Gasteiger partial charge is 0.355 e. The summed E-state index contributed by atoms with van der Waals surface area (Å²) in [5.41, 5.74) is 7.26. The Morgan fingerprint density at radius 1 is 1.19 bits per heavy atom. The minimum Gasteiger partial charge on any atom is -0.355 e. The Labute approximate surface area is 135 Å². The molecule has 1 amide bonds. The van der Waals surface area contributed by atoms with Crippen LogP contribution in [0.2, 0.25) is 0 Å². The Kier molecular flexibility index (Phi) is 11.0. The van der Waals surface area contributed by atoms with Crippen LogP contribution in [0.1, 0.15) is 45.1 Å². The van der Waals surface area contributed by atoms with Crippen molar-refractivity contribution >= 4 is 18.3 Å². The number of halogens is 1. The monoisotopic (exact) mass is 312 g/mol. The highest BCUT2D eigenvalue weighted by atomic mass is 35.5. The van der Waals surface area contributed by atoms with Crippen LogP contribution in [-0.2, 0) is 11.2 Å². The topological polar surface area (TPSA) is 55.1 Å². The van der Waals surface area contributed by atoms with Crippen LogP contribution in [0, 0.1) is 5.92 Å². The smallest absolute Gasteiger partial charge is 0.237 e. The lowest BCUT2D eigenvalue weighted by atomic mass is 9.99. The van der Waals surface area contributed by atoms with Crippen LogP contribution in [0.15, 0.2) is 30.3 Å². The van der Waals surface area contributed by atoms with E-state index in [0.29, 0.717) is 0 Å². The third-order valence-corrected chi connectivity index (χ3v) is 3.84. The quantitative estimate of drug-likeness (QED) is 0.687. The first-order valence-corrected chi connectivity index (χ1v) is 7.72. The number of amides is 1. The highest BCUT2D eigenvalue weighted by Crippen LogP contribution is 2.07. The predicted octanol–water partition coefficient (Wildman–Crippen LogP) is 3.31. The first-order chi connectivity index (χ1) is 9.65. The van der Waals surface area contributed by atoms with Crippen molar-refractivity contribution in [3.8, 4) is 0 Å². The molecule has 0 radical (unpaired) electrons. The van der Waals surface area contributed by atoms with Gasteiger partial charge in [0.05, 0.1) is 6.04 Å². The molecule has 0 saturated heterocycles. The molecule has 1 aromatic carbocycles. The average Bonchev–Trinajstić information content (AvgIpc) is 2.49. The van der Waals surface area contributed by atoms with E-state index in [0.717, 1.165) is 38.6 Å². The van der Waals surface area contributed by atoms with Crippen LogP contribution < -0.4 is 11.1 Å². The summed E-state index contributed by atoms with van der Waals surface area (Å²) in [6.45, 7) is 4.81. The lowest BCUT2D eigenvalue weighted by Gasteiger charge is -2.17. The third kappa shape index (κ3) is 8.08. The van der Waals surface area contributed by atoms with Crippen LogP contribution in [0.4, 0.5) is 0 Å². The summed E-state index contributed by atoms with van der Waals surface area (Å²) in [6, 6.07) is 10.1. The SMILES string of the molecule is CCC(C)C(N)C(=O)NCCCCCc1ccccc1.Cl. The minimum atomic E-state index is -0.371. The summed E-state index contributed by atoms with van der Waals surface area (Å²) in [4.78, 5) is 11.8. The van der Waals surface area contributed by atoms with Crippen LogP contribution in [0.3, 0.4) is 0 Å². The van der Waals surface area contributed by atoms with Crippen molar-refractivity contribution in [3.05, 3.63) is 35.9 Å². The van der Waals surface area contributed by atoms with Crippen molar-refractivity contribution in [1.82, 2.24) is 5.32 Å². The van der Waals surface area contributed by atoms with Gasteiger partial charge >= 0.3 is 0 Å². The van der Waals surface area contributed by atoms with E-state index in [9.17, 15) is 4.79 Å². The molecule has 21 heavy (non-hydrogen) atoms. The van der Waals surface area contributed by atoms with E-state index in [1.54, 1.807) is 0 Å². The van der Waals surface area contributed by atoms with Gasteiger partial charge in [-0.3, -0.25) is 4.79 Å². The summed E-state index contributed by atoms with van der Waals surface area (Å²) >= 11 is 0. The lowest BCUT2D eigenvalue weighted by molar-refractivity contribution is -0.123. The number of carbonyl (C=O) groups excluding carboxylic acids is 1. The zero-order valence-corrected chi connectivity index (χ0v) is 14.0. The maximum Gasteiger partial charge on any atom is 0.237 e. The van der Waals surface area contributed by atoms with Crippen LogP contribution in [-0.4, -0.2) is 18.5 Å². The van der Waals surface area contributed by atoms with Gasteiger partial charge in [-0.1, -0.05) is 57.0 Å². The molecule has 0 heterocycles. The van der Waals surface area contributed by atoms with E-state index in [1.165, 1.54) is 5.56 Å². The van der Waals surface area contributed by atoms with Crippen molar-refractivity contribution in [3.63, 3.8) is 0 Å². The Bertz CT molecular complexity index is 384. The Morgan fingerprint density at radius 3 is 2.48 bits per heavy atom. The van der Waals surface area contributed by atoms with E-state index in [-0.39, 0.29) is 30.3 Å². The van der Waals surface area contributed by atoms with Crippen LogP contribution in [0.5, 0.6) is 0 Å². The summed E-state index contributed by atoms with van der Waals surface area (Å²) in [5, 5.41) is 2.93. The van der Waals surface area contributed by atoms with E-state index >= 15 is 0 Å². The van der Waals surface area contributed by atoms with Gasteiger partial charge in [-0.2, -0.15) is 0 Å². The van der Waals surface area contributed by atoms with Gasteiger partial charge in [-0.25, -0.2) is 0 Å². The fourth-order valence-electron chi connectivity index (χ4n) is 2.12. The van der Waals surface area contributed by atoms with E-state index in [2.05, 4.69) is 36.5 Å². The third-order valence-electron chi connectivity index (χ3n) is 3.84. The molecule has 0 spiro atoms. The van der Waals surface area contributed by atoms with E-state index < -0.39 is 0 Å². The zero-order valence-electron chi connectivity index (χ0n) is 13.2. The summed E-state index contributed by atoms with van der Waals surface area (Å²) in [5.74, 6) is 0.232. The first-order valence-electron chi connectivity index (χ1n) is 7.72. The standard InChI is InChI=1S/C17H28N2O.ClH/c1-3-14(2)16(18)17(20)19-13-9-5-8-12-15-10-6-4-7-11-15;/h4,6-7,10-11,14,16H,3,5,8-9,12-13,18H2,1-2H3,(H,19,20);1H. The second-order valence-electron chi connectivity index (χ2n) is 5.50. The number of nitrogens with one attached hydrogen (secondary N) is 1. The normalized spacial score (nSPS) is 13.1. The molecule has 0 saturated carbocycles. The van der Waals surface area contributed by atoms with Gasteiger partial charge < -0.3 is 11.1 Å². The van der Waals surface area contributed by atoms with E-state index in [4.69, 9.17) is 5.73 Å². The molecule has 2 atom stereocenters. The Morgan fingerprint density at radius 2 is 1.86 bits per heavy atom.